The Morgan fingerprint density at radius 3 is 2.82 bits per heavy atom. The molecule has 1 aromatic carbocycles. The number of carbonyl (C=O) groups excluding carboxylic acids is 1. The Balaban J connectivity index is 1.40. The molecule has 3 heterocycles. The van der Waals surface area contributed by atoms with Crippen molar-refractivity contribution < 1.29 is 18.3 Å². The van der Waals surface area contributed by atoms with Gasteiger partial charge in [0.25, 0.3) is 0 Å². The molecule has 12 heteroatoms. The molecule has 0 radical (unpaired) electrons. The number of nitrogens with one attached hydrogen (secondary N) is 2. The number of hydrogen-bond donors (Lipinski definition) is 2. The first-order chi connectivity index (χ1) is 15.9. The van der Waals surface area contributed by atoms with Crippen LogP contribution in [-0.4, -0.2) is 56.9 Å². The molecule has 1 amide bonds. The molecule has 33 heavy (non-hydrogen) atoms. The maximum Gasteiger partial charge on any atom is 0.244 e. The molecule has 0 spiro atoms. The van der Waals surface area contributed by atoms with Crippen LogP contribution in [-0.2, 0) is 22.6 Å². The number of ether oxygens (including phenoxy) is 1. The highest BCUT2D eigenvalue weighted by Gasteiger charge is 2.18. The fraction of sp³-hybridized carbons (Fsp3) is 0.333. The van der Waals surface area contributed by atoms with E-state index in [-0.39, 0.29) is 41.3 Å². The number of morpholine rings is 1. The predicted octanol–water partition coefficient (Wildman–Crippen LogP) is 3.13. The van der Waals surface area contributed by atoms with E-state index >= 15 is 0 Å². The standard InChI is InChI=1S/C21H22ClF2N7O2/c1-13-2-3-16(22)15(19(13)24)9-25-20-17(23)10-26-21(29-20)28-14-8-27-31(11-14)12-18(32)30-4-6-33-7-5-30/h2-3,8,10-11H,4-7,9,12H2,1H3,(H2,25,26,28,29). The van der Waals surface area contributed by atoms with Crippen LogP contribution in [0.15, 0.2) is 30.7 Å². The molecule has 0 unspecified atom stereocenters. The number of anilines is 3. The van der Waals surface area contributed by atoms with E-state index in [1.165, 1.54) is 10.9 Å². The number of amides is 1. The number of aryl methyl sites for hydroxylation is 1. The lowest BCUT2D eigenvalue weighted by Gasteiger charge is -2.26. The summed E-state index contributed by atoms with van der Waals surface area (Å²) in [6.07, 6.45) is 4.13. The second-order valence-electron chi connectivity index (χ2n) is 7.45. The summed E-state index contributed by atoms with van der Waals surface area (Å²) < 4.78 is 35.3. The SMILES string of the molecule is Cc1ccc(Cl)c(CNc2nc(Nc3cnn(CC(=O)N4CCOCC4)c3)ncc2F)c1F. The largest absolute Gasteiger partial charge is 0.378 e. The zero-order valence-electron chi connectivity index (χ0n) is 17.8. The molecule has 0 bridgehead atoms. The summed E-state index contributed by atoms with van der Waals surface area (Å²) in [5.41, 5.74) is 1.18. The van der Waals surface area contributed by atoms with Crippen LogP contribution < -0.4 is 10.6 Å². The molecule has 2 N–H and O–H groups in total. The molecule has 1 fully saturated rings. The van der Waals surface area contributed by atoms with Gasteiger partial charge in [0.15, 0.2) is 11.6 Å². The molecule has 1 saturated heterocycles. The molecule has 0 aliphatic carbocycles. The highest BCUT2D eigenvalue weighted by atomic mass is 35.5. The van der Waals surface area contributed by atoms with E-state index in [9.17, 15) is 13.6 Å². The zero-order chi connectivity index (χ0) is 23.4. The summed E-state index contributed by atoms with van der Waals surface area (Å²) in [7, 11) is 0. The summed E-state index contributed by atoms with van der Waals surface area (Å²) in [6.45, 7) is 3.82. The van der Waals surface area contributed by atoms with Gasteiger partial charge < -0.3 is 20.3 Å². The van der Waals surface area contributed by atoms with Gasteiger partial charge in [0, 0.05) is 36.4 Å². The molecule has 0 atom stereocenters. The van der Waals surface area contributed by atoms with Crippen LogP contribution in [0.25, 0.3) is 0 Å². The van der Waals surface area contributed by atoms with E-state index in [4.69, 9.17) is 16.3 Å². The van der Waals surface area contributed by atoms with E-state index in [0.717, 1.165) is 6.20 Å². The van der Waals surface area contributed by atoms with Crippen LogP contribution in [0.5, 0.6) is 0 Å². The Morgan fingerprint density at radius 1 is 1.24 bits per heavy atom. The number of aromatic nitrogens is 4. The van der Waals surface area contributed by atoms with E-state index in [1.54, 1.807) is 30.2 Å². The number of hydrogen-bond acceptors (Lipinski definition) is 7. The van der Waals surface area contributed by atoms with E-state index in [1.807, 2.05) is 0 Å². The molecule has 9 nitrogen and oxygen atoms in total. The number of benzene rings is 1. The average Bonchev–Trinajstić information content (AvgIpc) is 3.25. The minimum Gasteiger partial charge on any atom is -0.378 e. The lowest BCUT2D eigenvalue weighted by molar-refractivity contribution is -0.136. The minimum atomic E-state index is -0.698. The van der Waals surface area contributed by atoms with Gasteiger partial charge in [-0.3, -0.25) is 9.48 Å². The lowest BCUT2D eigenvalue weighted by Crippen LogP contribution is -2.42. The third kappa shape index (κ3) is 5.55. The van der Waals surface area contributed by atoms with Gasteiger partial charge in [0.05, 0.1) is 31.3 Å². The lowest BCUT2D eigenvalue weighted by atomic mass is 10.1. The first-order valence-electron chi connectivity index (χ1n) is 10.3. The predicted molar refractivity (Wildman–Crippen MR) is 118 cm³/mol. The van der Waals surface area contributed by atoms with Crippen LogP contribution in [0.4, 0.5) is 26.2 Å². The van der Waals surface area contributed by atoms with Gasteiger partial charge in [-0.2, -0.15) is 10.1 Å². The van der Waals surface area contributed by atoms with Crippen molar-refractivity contribution in [2.75, 3.05) is 36.9 Å². The molecule has 2 aromatic heterocycles. The maximum absolute atomic E-state index is 14.3. The zero-order valence-corrected chi connectivity index (χ0v) is 18.6. The van der Waals surface area contributed by atoms with Crippen molar-refractivity contribution in [3.8, 4) is 0 Å². The summed E-state index contributed by atoms with van der Waals surface area (Å²) in [6, 6.07) is 3.16. The van der Waals surface area contributed by atoms with Gasteiger partial charge in [0.2, 0.25) is 11.9 Å². The fourth-order valence-electron chi connectivity index (χ4n) is 3.30. The van der Waals surface area contributed by atoms with Crippen LogP contribution >= 0.6 is 11.6 Å². The van der Waals surface area contributed by atoms with Crippen molar-refractivity contribution in [2.24, 2.45) is 0 Å². The second kappa shape index (κ2) is 10.1. The van der Waals surface area contributed by atoms with E-state index < -0.39 is 11.6 Å². The first kappa shape index (κ1) is 22.9. The van der Waals surface area contributed by atoms with Crippen molar-refractivity contribution in [2.45, 2.75) is 20.0 Å². The number of rotatable bonds is 7. The van der Waals surface area contributed by atoms with Crippen molar-refractivity contribution in [3.63, 3.8) is 0 Å². The van der Waals surface area contributed by atoms with Crippen LogP contribution in [0, 0.1) is 18.6 Å². The molecule has 1 aliphatic rings. The molecule has 174 valence electrons. The van der Waals surface area contributed by atoms with Gasteiger partial charge in [-0.25, -0.2) is 13.8 Å². The van der Waals surface area contributed by atoms with Crippen molar-refractivity contribution in [1.82, 2.24) is 24.6 Å². The topological polar surface area (TPSA) is 97.2 Å². The Kier molecular flexibility index (Phi) is 6.99. The maximum atomic E-state index is 14.3. The highest BCUT2D eigenvalue weighted by Crippen LogP contribution is 2.24. The van der Waals surface area contributed by atoms with Crippen LogP contribution in [0.2, 0.25) is 5.02 Å². The number of nitrogens with zero attached hydrogens (tertiary/aromatic N) is 5. The Morgan fingerprint density at radius 2 is 2.03 bits per heavy atom. The fourth-order valence-corrected chi connectivity index (χ4v) is 3.51. The molecular weight excluding hydrogens is 456 g/mol. The van der Waals surface area contributed by atoms with Crippen molar-refractivity contribution in [1.29, 1.82) is 0 Å². The van der Waals surface area contributed by atoms with Crippen LogP contribution in [0.3, 0.4) is 0 Å². The van der Waals surface area contributed by atoms with Crippen molar-refractivity contribution in [3.05, 3.63) is 58.5 Å². The number of halogens is 3. The Hall–Kier alpha value is -3.31. The first-order valence-corrected chi connectivity index (χ1v) is 10.6. The Bertz CT molecular complexity index is 1150. The summed E-state index contributed by atoms with van der Waals surface area (Å²) >= 11 is 6.07. The normalized spacial score (nSPS) is 13.8. The van der Waals surface area contributed by atoms with Gasteiger partial charge in [-0.05, 0) is 18.6 Å². The number of carbonyl (C=O) groups is 1. The summed E-state index contributed by atoms with van der Waals surface area (Å²) in [5, 5.41) is 10.1. The minimum absolute atomic E-state index is 0.0543. The molecule has 1 aliphatic heterocycles. The third-order valence-corrected chi connectivity index (χ3v) is 5.46. The van der Waals surface area contributed by atoms with Gasteiger partial charge in [-0.15, -0.1) is 0 Å². The van der Waals surface area contributed by atoms with Crippen LogP contribution in [0.1, 0.15) is 11.1 Å². The van der Waals surface area contributed by atoms with Gasteiger partial charge in [0.1, 0.15) is 12.4 Å². The van der Waals surface area contributed by atoms with E-state index in [2.05, 4.69) is 25.7 Å². The molecule has 3 aromatic rings. The second-order valence-corrected chi connectivity index (χ2v) is 7.85. The Labute approximate surface area is 193 Å². The molecule has 0 saturated carbocycles. The quantitative estimate of drug-likeness (QED) is 0.539. The third-order valence-electron chi connectivity index (χ3n) is 5.11. The highest BCUT2D eigenvalue weighted by molar-refractivity contribution is 6.31. The van der Waals surface area contributed by atoms with Gasteiger partial charge in [-0.1, -0.05) is 17.7 Å². The monoisotopic (exact) mass is 477 g/mol. The van der Waals surface area contributed by atoms with Crippen molar-refractivity contribution >= 4 is 35.0 Å². The van der Waals surface area contributed by atoms with E-state index in [0.29, 0.717) is 37.6 Å². The van der Waals surface area contributed by atoms with Gasteiger partial charge >= 0.3 is 0 Å². The average molecular weight is 478 g/mol. The summed E-state index contributed by atoms with van der Waals surface area (Å²) in [4.78, 5) is 22.1. The molecule has 4 rings (SSSR count). The smallest absolute Gasteiger partial charge is 0.244 e. The summed E-state index contributed by atoms with van der Waals surface area (Å²) in [5.74, 6) is -1.22. The molecular formula is C21H22ClF2N7O2.